The summed E-state index contributed by atoms with van der Waals surface area (Å²) >= 11 is 0. The Labute approximate surface area is 196 Å². The van der Waals surface area contributed by atoms with Crippen LogP contribution in [0.25, 0.3) is 0 Å². The van der Waals surface area contributed by atoms with Gasteiger partial charge in [-0.15, -0.1) is 0 Å². The number of carbonyl (C=O) groups is 3. The molecule has 8 atom stereocenters. The standard InChI is InChI=1S/C27H38O6/c1-7-15(2)23(29)33-21-16(3)18-9-10-20-25(5)12-8-13-26(6,24(30)31)19(25)11-14-27(20,21)22(18)32-17(4)28/h7,18-22H,3,8-14H2,1-2,4-6H3,(H,30,31)/b15-7-/t18-,19+,20-,21+,22-,25+,26+,27+/m0/s1. The van der Waals surface area contributed by atoms with Crippen molar-refractivity contribution in [3.05, 3.63) is 23.8 Å². The van der Waals surface area contributed by atoms with E-state index in [1.54, 1.807) is 13.0 Å². The van der Waals surface area contributed by atoms with Crippen LogP contribution >= 0.6 is 0 Å². The Morgan fingerprint density at radius 3 is 2.33 bits per heavy atom. The van der Waals surface area contributed by atoms with Gasteiger partial charge in [0.25, 0.3) is 0 Å². The number of rotatable bonds is 4. The summed E-state index contributed by atoms with van der Waals surface area (Å²) in [5.41, 5.74) is -0.182. The van der Waals surface area contributed by atoms with Crippen molar-refractivity contribution in [1.82, 2.24) is 0 Å². The Morgan fingerprint density at radius 1 is 1.03 bits per heavy atom. The second-order valence-electron chi connectivity index (χ2n) is 11.4. The van der Waals surface area contributed by atoms with Crippen molar-refractivity contribution in [3.63, 3.8) is 0 Å². The highest BCUT2D eigenvalue weighted by Gasteiger charge is 2.73. The first-order valence-electron chi connectivity index (χ1n) is 12.4. The van der Waals surface area contributed by atoms with E-state index in [0.717, 1.165) is 31.3 Å². The number of hydrogen-bond donors (Lipinski definition) is 1. The molecule has 2 bridgehead atoms. The minimum absolute atomic E-state index is 0.0314. The molecule has 4 aliphatic carbocycles. The summed E-state index contributed by atoms with van der Waals surface area (Å²) in [6.45, 7) is 13.5. The van der Waals surface area contributed by atoms with Gasteiger partial charge in [-0.2, -0.15) is 0 Å². The lowest BCUT2D eigenvalue weighted by atomic mass is 9.40. The molecule has 6 nitrogen and oxygen atoms in total. The number of esters is 2. The minimum Gasteiger partial charge on any atom is -0.481 e. The Morgan fingerprint density at radius 2 is 1.73 bits per heavy atom. The first kappa shape index (κ1) is 24.0. The Kier molecular flexibility index (Phi) is 5.82. The zero-order valence-corrected chi connectivity index (χ0v) is 20.6. The lowest BCUT2D eigenvalue weighted by molar-refractivity contribution is -0.224. The van der Waals surface area contributed by atoms with E-state index >= 15 is 0 Å². The summed E-state index contributed by atoms with van der Waals surface area (Å²) in [5, 5.41) is 10.2. The van der Waals surface area contributed by atoms with Gasteiger partial charge in [0, 0.05) is 18.4 Å². The van der Waals surface area contributed by atoms with Crippen LogP contribution in [0.15, 0.2) is 23.8 Å². The van der Waals surface area contributed by atoms with E-state index < -0.39 is 22.9 Å². The Balaban J connectivity index is 1.83. The molecule has 0 aromatic carbocycles. The lowest BCUT2D eigenvalue weighted by Gasteiger charge is -2.64. The predicted octanol–water partition coefficient (Wildman–Crippen LogP) is 5.07. The minimum atomic E-state index is -0.772. The second-order valence-corrected chi connectivity index (χ2v) is 11.4. The Bertz CT molecular complexity index is 920. The molecule has 0 aromatic heterocycles. The van der Waals surface area contributed by atoms with Crippen LogP contribution in [0.1, 0.15) is 79.6 Å². The number of hydrogen-bond acceptors (Lipinski definition) is 5. The normalized spacial score (nSPS) is 44.5. The van der Waals surface area contributed by atoms with Crippen molar-refractivity contribution in [2.24, 2.45) is 34.0 Å². The smallest absolute Gasteiger partial charge is 0.333 e. The van der Waals surface area contributed by atoms with Gasteiger partial charge in [-0.3, -0.25) is 9.59 Å². The molecule has 4 fully saturated rings. The third kappa shape index (κ3) is 3.23. The molecular formula is C27H38O6. The number of aliphatic carboxylic acids is 1. The molecule has 0 aromatic rings. The fraction of sp³-hybridized carbons (Fsp3) is 0.741. The lowest BCUT2D eigenvalue weighted by Crippen LogP contribution is -2.64. The van der Waals surface area contributed by atoms with Crippen LogP contribution in [0.2, 0.25) is 0 Å². The first-order chi connectivity index (χ1) is 15.4. The molecule has 0 aliphatic heterocycles. The molecule has 1 spiro atoms. The summed E-state index contributed by atoms with van der Waals surface area (Å²) in [5.74, 6) is -1.33. The fourth-order valence-electron chi connectivity index (χ4n) is 8.48. The molecule has 0 saturated heterocycles. The van der Waals surface area contributed by atoms with Crippen LogP contribution in [0.4, 0.5) is 0 Å². The molecule has 4 saturated carbocycles. The summed E-state index contributed by atoms with van der Waals surface area (Å²) in [6.07, 6.45) is 6.39. The van der Waals surface area contributed by atoms with Crippen molar-refractivity contribution < 1.29 is 29.0 Å². The van der Waals surface area contributed by atoms with Crippen LogP contribution in [-0.4, -0.2) is 35.2 Å². The van der Waals surface area contributed by atoms with E-state index in [4.69, 9.17) is 9.47 Å². The number of carboxylic acid groups (broad SMARTS) is 1. The average molecular weight is 459 g/mol. The fourth-order valence-corrected chi connectivity index (χ4v) is 8.48. The molecule has 0 heterocycles. The third-order valence-electron chi connectivity index (χ3n) is 10.0. The Hall–Kier alpha value is -2.11. The van der Waals surface area contributed by atoms with E-state index in [1.807, 2.05) is 13.8 Å². The van der Waals surface area contributed by atoms with E-state index in [9.17, 15) is 19.5 Å². The zero-order valence-electron chi connectivity index (χ0n) is 20.6. The van der Waals surface area contributed by atoms with Gasteiger partial charge in [0.2, 0.25) is 0 Å². The van der Waals surface area contributed by atoms with Crippen molar-refractivity contribution in [2.45, 2.75) is 91.8 Å². The molecule has 1 N–H and O–H groups in total. The van der Waals surface area contributed by atoms with Crippen molar-refractivity contribution in [3.8, 4) is 0 Å². The monoisotopic (exact) mass is 458 g/mol. The summed E-state index contributed by atoms with van der Waals surface area (Å²) in [7, 11) is 0. The van der Waals surface area contributed by atoms with Gasteiger partial charge in [0.15, 0.2) is 0 Å². The van der Waals surface area contributed by atoms with Gasteiger partial charge in [0.05, 0.1) is 10.8 Å². The van der Waals surface area contributed by atoms with Crippen LogP contribution in [-0.2, 0) is 23.9 Å². The third-order valence-corrected chi connectivity index (χ3v) is 10.0. The van der Waals surface area contributed by atoms with Crippen LogP contribution < -0.4 is 0 Å². The molecule has 0 radical (unpaired) electrons. The molecule has 4 rings (SSSR count). The van der Waals surface area contributed by atoms with Crippen LogP contribution in [0.3, 0.4) is 0 Å². The topological polar surface area (TPSA) is 89.9 Å². The number of fused-ring (bicyclic) bond motifs is 3. The van der Waals surface area contributed by atoms with Gasteiger partial charge in [-0.1, -0.05) is 26.0 Å². The van der Waals surface area contributed by atoms with Crippen LogP contribution in [0, 0.1) is 34.0 Å². The van der Waals surface area contributed by atoms with E-state index in [-0.39, 0.29) is 41.2 Å². The number of carboxylic acids is 1. The average Bonchev–Trinajstić information content (AvgIpc) is 2.86. The van der Waals surface area contributed by atoms with Crippen molar-refractivity contribution in [2.75, 3.05) is 0 Å². The molecule has 33 heavy (non-hydrogen) atoms. The molecular weight excluding hydrogens is 420 g/mol. The SMILES string of the molecule is C=C1[C@@H](OC(=O)/C(C)=C\C)[C@@]23CC[C@@H]4[C@@](C)(CCC[C@@]4(C)C(=O)O)[C@@H]2CC[C@@H]1[C@@H]3OC(C)=O. The number of ether oxygens (including phenoxy) is 2. The first-order valence-corrected chi connectivity index (χ1v) is 12.4. The van der Waals surface area contributed by atoms with E-state index in [1.165, 1.54) is 6.92 Å². The molecule has 0 unspecified atom stereocenters. The van der Waals surface area contributed by atoms with E-state index in [0.29, 0.717) is 24.8 Å². The maximum absolute atomic E-state index is 12.9. The van der Waals surface area contributed by atoms with Gasteiger partial charge in [-0.25, -0.2) is 4.79 Å². The quantitative estimate of drug-likeness (QED) is 0.359. The summed E-state index contributed by atoms with van der Waals surface area (Å²) < 4.78 is 12.2. The van der Waals surface area contributed by atoms with Crippen LogP contribution in [0.5, 0.6) is 0 Å². The highest BCUT2D eigenvalue weighted by molar-refractivity contribution is 5.88. The van der Waals surface area contributed by atoms with Crippen molar-refractivity contribution in [1.29, 1.82) is 0 Å². The summed E-state index contributed by atoms with van der Waals surface area (Å²) in [6, 6.07) is 0. The van der Waals surface area contributed by atoms with Gasteiger partial charge in [0.1, 0.15) is 12.2 Å². The largest absolute Gasteiger partial charge is 0.481 e. The van der Waals surface area contributed by atoms with Gasteiger partial charge < -0.3 is 14.6 Å². The van der Waals surface area contributed by atoms with Gasteiger partial charge >= 0.3 is 17.9 Å². The molecule has 6 heteroatoms. The number of allylic oxidation sites excluding steroid dienone is 1. The maximum atomic E-state index is 12.9. The summed E-state index contributed by atoms with van der Waals surface area (Å²) in [4.78, 5) is 37.5. The second kappa shape index (κ2) is 7.99. The number of carbonyl (C=O) groups excluding carboxylic acids is 2. The maximum Gasteiger partial charge on any atom is 0.333 e. The van der Waals surface area contributed by atoms with Gasteiger partial charge in [-0.05, 0) is 82.1 Å². The highest BCUT2D eigenvalue weighted by atomic mass is 16.6. The van der Waals surface area contributed by atoms with Crippen molar-refractivity contribution >= 4 is 17.9 Å². The molecule has 4 aliphatic rings. The predicted molar refractivity (Wildman–Crippen MR) is 123 cm³/mol. The molecule has 0 amide bonds. The highest BCUT2D eigenvalue weighted by Crippen LogP contribution is 2.73. The zero-order chi connectivity index (χ0) is 24.3. The molecule has 182 valence electrons. The van der Waals surface area contributed by atoms with E-state index in [2.05, 4.69) is 13.5 Å².